The molecule has 1 spiro atoms. The first-order chi connectivity index (χ1) is 18.5. The number of nitrogens with one attached hydrogen (secondary N) is 2. The van der Waals surface area contributed by atoms with E-state index in [9.17, 15) is 21.9 Å². The van der Waals surface area contributed by atoms with E-state index >= 15 is 0 Å². The van der Waals surface area contributed by atoms with Gasteiger partial charge in [-0.1, -0.05) is 17.7 Å². The van der Waals surface area contributed by atoms with Crippen molar-refractivity contribution < 1.29 is 31.4 Å². The highest BCUT2D eigenvalue weighted by Crippen LogP contribution is 2.38. The fourth-order valence-electron chi connectivity index (χ4n) is 4.95. The number of halogens is 1. The number of piperidine rings is 1. The summed E-state index contributed by atoms with van der Waals surface area (Å²) < 4.78 is 67.5. The number of benzene rings is 1. The second kappa shape index (κ2) is 11.2. The highest BCUT2D eigenvalue weighted by atomic mass is 35.5. The summed E-state index contributed by atoms with van der Waals surface area (Å²) >= 11 is 7.50. The van der Waals surface area contributed by atoms with E-state index in [-0.39, 0.29) is 34.3 Å². The zero-order chi connectivity index (χ0) is 27.8. The van der Waals surface area contributed by atoms with Crippen LogP contribution in [0, 0.1) is 0 Å². The number of hydrogen-bond donors (Lipinski definition) is 3. The molecular formula is C23H30ClN5O7S3. The Balaban J connectivity index is 1.10. The standard InChI is InChI=1S/C23H30ClN5O7S3/c1-25-38(31,32)19-4-2-3-18(11-19)35-15-17(30)13-26-16-12-23(36-14-16)5-7-28(8-6-23)39(33,34)21-20(24)27-22-29(21)9-10-37-22/h2-4,9-11,16-17,25-26,30H,5-8,12-15H2,1H3. The molecule has 2 atom stereocenters. The van der Waals surface area contributed by atoms with Crippen LogP contribution in [0.3, 0.4) is 0 Å². The van der Waals surface area contributed by atoms with Crippen LogP contribution in [0.15, 0.2) is 45.8 Å². The number of sulfonamides is 2. The Hall–Kier alpha value is -1.82. The van der Waals surface area contributed by atoms with Gasteiger partial charge in [0.2, 0.25) is 10.0 Å². The molecule has 16 heteroatoms. The van der Waals surface area contributed by atoms with Crippen molar-refractivity contribution in [2.75, 3.05) is 39.9 Å². The molecule has 2 saturated heterocycles. The third kappa shape index (κ3) is 5.96. The molecule has 39 heavy (non-hydrogen) atoms. The Morgan fingerprint density at radius 3 is 2.82 bits per heavy atom. The second-order valence-electron chi connectivity index (χ2n) is 9.62. The summed E-state index contributed by atoms with van der Waals surface area (Å²) in [6.45, 7) is 1.31. The van der Waals surface area contributed by atoms with Gasteiger partial charge in [-0.25, -0.2) is 26.5 Å². The maximum absolute atomic E-state index is 13.3. The molecule has 0 amide bonds. The summed E-state index contributed by atoms with van der Waals surface area (Å²) in [6, 6.07) is 6.06. The Morgan fingerprint density at radius 1 is 1.31 bits per heavy atom. The number of nitrogens with zero attached hydrogens (tertiary/aromatic N) is 3. The van der Waals surface area contributed by atoms with Crippen LogP contribution in [0.1, 0.15) is 19.3 Å². The molecular weight excluding hydrogens is 590 g/mol. The number of hydrogen-bond acceptors (Lipinski definition) is 10. The topological polar surface area (TPSA) is 152 Å². The van der Waals surface area contributed by atoms with Crippen molar-refractivity contribution in [1.29, 1.82) is 0 Å². The maximum atomic E-state index is 13.3. The number of aliphatic hydroxyl groups is 1. The predicted molar refractivity (Wildman–Crippen MR) is 145 cm³/mol. The molecule has 3 aromatic rings. The van der Waals surface area contributed by atoms with E-state index in [0.717, 1.165) is 0 Å². The van der Waals surface area contributed by atoms with Crippen molar-refractivity contribution >= 4 is 47.9 Å². The molecule has 2 fully saturated rings. The number of rotatable bonds is 10. The lowest BCUT2D eigenvalue weighted by atomic mass is 9.88. The third-order valence-corrected chi connectivity index (χ3v) is 11.5. The van der Waals surface area contributed by atoms with E-state index in [0.29, 0.717) is 49.7 Å². The summed E-state index contributed by atoms with van der Waals surface area (Å²) in [7, 11) is -6.07. The average Bonchev–Trinajstić information content (AvgIpc) is 3.61. The van der Waals surface area contributed by atoms with Crippen molar-refractivity contribution in [2.45, 2.75) is 46.9 Å². The third-order valence-electron chi connectivity index (χ3n) is 7.07. The van der Waals surface area contributed by atoms with Gasteiger partial charge in [-0.3, -0.25) is 4.40 Å². The molecule has 0 bridgehead atoms. The van der Waals surface area contributed by atoms with Crippen LogP contribution in [-0.4, -0.2) is 93.3 Å². The molecule has 2 aliphatic rings. The summed E-state index contributed by atoms with van der Waals surface area (Å²) in [5.41, 5.74) is -0.427. The van der Waals surface area contributed by atoms with Gasteiger partial charge in [0.05, 0.1) is 17.1 Å². The summed E-state index contributed by atoms with van der Waals surface area (Å²) in [4.78, 5) is 4.76. The summed E-state index contributed by atoms with van der Waals surface area (Å²) in [5.74, 6) is 0.340. The van der Waals surface area contributed by atoms with Crippen molar-refractivity contribution in [3.63, 3.8) is 0 Å². The van der Waals surface area contributed by atoms with Gasteiger partial charge in [0, 0.05) is 43.3 Å². The zero-order valence-electron chi connectivity index (χ0n) is 21.1. The largest absolute Gasteiger partial charge is 0.491 e. The van der Waals surface area contributed by atoms with Gasteiger partial charge >= 0.3 is 0 Å². The molecule has 214 valence electrons. The van der Waals surface area contributed by atoms with Crippen molar-refractivity contribution in [3.8, 4) is 5.75 Å². The van der Waals surface area contributed by atoms with Crippen LogP contribution in [0.2, 0.25) is 5.15 Å². The minimum absolute atomic E-state index is 0.00149. The molecule has 3 N–H and O–H groups in total. The minimum atomic E-state index is -3.82. The first-order valence-electron chi connectivity index (χ1n) is 12.4. The molecule has 0 radical (unpaired) electrons. The molecule has 0 saturated carbocycles. The van der Waals surface area contributed by atoms with Gasteiger partial charge in [0.25, 0.3) is 10.0 Å². The van der Waals surface area contributed by atoms with Crippen LogP contribution in [-0.2, 0) is 24.8 Å². The van der Waals surface area contributed by atoms with Gasteiger partial charge in [-0.2, -0.15) is 4.31 Å². The van der Waals surface area contributed by atoms with E-state index in [1.54, 1.807) is 23.7 Å². The second-order valence-corrected chi connectivity index (χ2v) is 14.6. The lowest BCUT2D eigenvalue weighted by molar-refractivity contribution is -0.0312. The molecule has 2 unspecified atom stereocenters. The Bertz CT molecular complexity index is 1530. The van der Waals surface area contributed by atoms with Crippen molar-refractivity contribution in [2.24, 2.45) is 0 Å². The predicted octanol–water partition coefficient (Wildman–Crippen LogP) is 1.30. The van der Waals surface area contributed by atoms with Gasteiger partial charge in [-0.05, 0) is 38.4 Å². The lowest BCUT2D eigenvalue weighted by Gasteiger charge is -2.37. The number of aliphatic hydroxyl groups excluding tert-OH is 1. The van der Waals surface area contributed by atoms with Crippen LogP contribution in [0.5, 0.6) is 5.75 Å². The normalized spacial score (nSPS) is 21.1. The number of thiazole rings is 1. The van der Waals surface area contributed by atoms with Crippen molar-refractivity contribution in [3.05, 3.63) is 41.0 Å². The lowest BCUT2D eigenvalue weighted by Crippen LogP contribution is -2.47. The van der Waals surface area contributed by atoms with Crippen LogP contribution in [0.25, 0.3) is 4.96 Å². The first kappa shape index (κ1) is 28.7. The molecule has 0 aliphatic carbocycles. The molecule has 5 rings (SSSR count). The summed E-state index contributed by atoms with van der Waals surface area (Å²) in [6.07, 6.45) is 2.61. The monoisotopic (exact) mass is 619 g/mol. The Labute approximate surface area is 236 Å². The maximum Gasteiger partial charge on any atom is 0.262 e. The molecule has 2 aromatic heterocycles. The zero-order valence-corrected chi connectivity index (χ0v) is 24.3. The number of ether oxygens (including phenoxy) is 2. The van der Waals surface area contributed by atoms with E-state index in [4.69, 9.17) is 21.1 Å². The quantitative estimate of drug-likeness (QED) is 0.305. The number of fused-ring (bicyclic) bond motifs is 1. The summed E-state index contributed by atoms with van der Waals surface area (Å²) in [5, 5.41) is 15.4. The number of imidazole rings is 1. The number of aromatic nitrogens is 2. The van der Waals surface area contributed by atoms with E-state index < -0.39 is 31.8 Å². The van der Waals surface area contributed by atoms with Crippen molar-refractivity contribution in [1.82, 2.24) is 23.7 Å². The van der Waals surface area contributed by atoms with E-state index in [2.05, 4.69) is 15.0 Å². The average molecular weight is 620 g/mol. The fraction of sp³-hybridized carbons (Fsp3) is 0.522. The van der Waals surface area contributed by atoms with Gasteiger partial charge in [0.15, 0.2) is 15.1 Å². The Kier molecular flexibility index (Phi) is 8.25. The van der Waals surface area contributed by atoms with Gasteiger partial charge < -0.3 is 19.9 Å². The Morgan fingerprint density at radius 2 is 2.08 bits per heavy atom. The first-order valence-corrected chi connectivity index (χ1v) is 16.5. The van der Waals surface area contributed by atoms with Crippen LogP contribution in [0.4, 0.5) is 0 Å². The highest BCUT2D eigenvalue weighted by molar-refractivity contribution is 7.89. The minimum Gasteiger partial charge on any atom is -0.491 e. The molecule has 1 aromatic carbocycles. The van der Waals surface area contributed by atoms with Gasteiger partial charge in [0.1, 0.15) is 18.5 Å². The van der Waals surface area contributed by atoms with E-state index in [1.807, 2.05) is 0 Å². The van der Waals surface area contributed by atoms with E-state index in [1.165, 1.54) is 39.2 Å². The highest BCUT2D eigenvalue weighted by Gasteiger charge is 2.45. The molecule has 12 nitrogen and oxygen atoms in total. The molecule has 2 aliphatic heterocycles. The van der Waals surface area contributed by atoms with Gasteiger partial charge in [-0.15, -0.1) is 11.3 Å². The molecule has 4 heterocycles. The fourth-order valence-corrected chi connectivity index (χ4v) is 8.57. The SMILES string of the molecule is CNS(=O)(=O)c1cccc(OCC(O)CNC2COC3(CCN(S(=O)(=O)c4c(Cl)nc5sccn45)CC3)C2)c1. The van der Waals surface area contributed by atoms with Crippen LogP contribution >= 0.6 is 22.9 Å². The smallest absolute Gasteiger partial charge is 0.262 e. The van der Waals surface area contributed by atoms with Crippen LogP contribution < -0.4 is 14.8 Å².